The van der Waals surface area contributed by atoms with E-state index in [0.717, 1.165) is 16.0 Å². The lowest BCUT2D eigenvalue weighted by atomic mass is 10.2. The molecule has 0 unspecified atom stereocenters. The van der Waals surface area contributed by atoms with Crippen LogP contribution in [0.25, 0.3) is 10.2 Å². The molecule has 7 heteroatoms. The van der Waals surface area contributed by atoms with Gasteiger partial charge in [-0.2, -0.15) is 5.26 Å². The van der Waals surface area contributed by atoms with Crippen LogP contribution in [0, 0.1) is 11.3 Å². The number of anilines is 2. The molecule has 3 N–H and O–H groups in total. The Balaban J connectivity index is 1.82. The number of benzene rings is 2. The van der Waals surface area contributed by atoms with Crippen molar-refractivity contribution in [3.63, 3.8) is 0 Å². The second kappa shape index (κ2) is 6.56. The van der Waals surface area contributed by atoms with Gasteiger partial charge in [-0.25, -0.2) is 4.57 Å². The van der Waals surface area contributed by atoms with Gasteiger partial charge in [-0.15, -0.1) is 0 Å². The van der Waals surface area contributed by atoms with Gasteiger partial charge in [-0.1, -0.05) is 6.07 Å². The number of carbonyl (C=O) groups is 1. The Morgan fingerprint density at radius 1 is 1.38 bits per heavy atom. The summed E-state index contributed by atoms with van der Waals surface area (Å²) in [6, 6.07) is 14.4. The first-order chi connectivity index (χ1) is 11.6. The van der Waals surface area contributed by atoms with Crippen molar-refractivity contribution in [2.75, 3.05) is 18.2 Å². The lowest BCUT2D eigenvalue weighted by Gasteiger charge is -2.05. The highest BCUT2D eigenvalue weighted by Gasteiger charge is 2.18. The SMILES string of the molecule is COc1ccc2c(c1)sc(N)[n+]2CC(=O)Nc1cccc(C#N)c1. The second-order valence-electron chi connectivity index (χ2n) is 5.10. The topological polar surface area (TPSA) is 92.0 Å². The van der Waals surface area contributed by atoms with E-state index in [-0.39, 0.29) is 12.5 Å². The van der Waals surface area contributed by atoms with E-state index in [9.17, 15) is 4.79 Å². The van der Waals surface area contributed by atoms with E-state index < -0.39 is 0 Å². The number of nitrogens with one attached hydrogen (secondary N) is 1. The summed E-state index contributed by atoms with van der Waals surface area (Å²) >= 11 is 1.40. The predicted octanol–water partition coefficient (Wildman–Crippen LogP) is 2.29. The van der Waals surface area contributed by atoms with Crippen molar-refractivity contribution in [2.24, 2.45) is 0 Å². The number of hydrogen-bond donors (Lipinski definition) is 2. The van der Waals surface area contributed by atoms with E-state index in [1.807, 2.05) is 24.3 Å². The van der Waals surface area contributed by atoms with Crippen molar-refractivity contribution in [2.45, 2.75) is 6.54 Å². The Morgan fingerprint density at radius 3 is 2.96 bits per heavy atom. The van der Waals surface area contributed by atoms with Crippen LogP contribution in [0.1, 0.15) is 5.56 Å². The molecule has 3 aromatic rings. The van der Waals surface area contributed by atoms with Gasteiger partial charge in [-0.05, 0) is 41.7 Å². The quantitative estimate of drug-likeness (QED) is 0.713. The van der Waals surface area contributed by atoms with Gasteiger partial charge in [0.2, 0.25) is 0 Å². The molecule has 0 saturated carbocycles. The molecule has 0 bridgehead atoms. The molecule has 0 saturated heterocycles. The average Bonchev–Trinajstić information content (AvgIpc) is 2.89. The first kappa shape index (κ1) is 15.8. The largest absolute Gasteiger partial charge is 0.497 e. The minimum Gasteiger partial charge on any atom is -0.497 e. The molecule has 0 fully saturated rings. The van der Waals surface area contributed by atoms with E-state index in [0.29, 0.717) is 16.4 Å². The zero-order valence-corrected chi connectivity index (χ0v) is 13.8. The number of aromatic nitrogens is 1. The summed E-state index contributed by atoms with van der Waals surface area (Å²) < 4.78 is 7.91. The van der Waals surface area contributed by atoms with Crippen LogP contribution in [0.2, 0.25) is 0 Å². The summed E-state index contributed by atoms with van der Waals surface area (Å²) in [5.74, 6) is 0.533. The number of nitriles is 1. The Labute approximate surface area is 142 Å². The highest BCUT2D eigenvalue weighted by Crippen LogP contribution is 2.26. The van der Waals surface area contributed by atoms with Crippen molar-refractivity contribution in [1.82, 2.24) is 0 Å². The molecular formula is C17H15N4O2S+. The molecule has 24 heavy (non-hydrogen) atoms. The van der Waals surface area contributed by atoms with E-state index in [4.69, 9.17) is 15.7 Å². The van der Waals surface area contributed by atoms with Crippen molar-refractivity contribution in [3.8, 4) is 11.8 Å². The molecular weight excluding hydrogens is 324 g/mol. The molecule has 0 atom stereocenters. The van der Waals surface area contributed by atoms with Crippen molar-refractivity contribution in [3.05, 3.63) is 48.0 Å². The number of ether oxygens (including phenoxy) is 1. The molecule has 1 aromatic heterocycles. The fourth-order valence-corrected chi connectivity index (χ4v) is 3.34. The van der Waals surface area contributed by atoms with Gasteiger partial charge < -0.3 is 10.1 Å². The molecule has 0 aliphatic carbocycles. The van der Waals surface area contributed by atoms with Gasteiger partial charge >= 0.3 is 5.13 Å². The molecule has 0 spiro atoms. The number of carbonyl (C=O) groups excluding carboxylic acids is 1. The molecule has 1 amide bonds. The van der Waals surface area contributed by atoms with E-state index in [1.165, 1.54) is 11.3 Å². The zero-order chi connectivity index (χ0) is 17.1. The van der Waals surface area contributed by atoms with Crippen LogP contribution in [0.15, 0.2) is 42.5 Å². The number of nitrogens with two attached hydrogens (primary N) is 1. The zero-order valence-electron chi connectivity index (χ0n) is 12.9. The average molecular weight is 339 g/mol. The van der Waals surface area contributed by atoms with Crippen LogP contribution in [0.4, 0.5) is 10.8 Å². The third kappa shape index (κ3) is 3.14. The first-order valence-electron chi connectivity index (χ1n) is 7.16. The van der Waals surface area contributed by atoms with Gasteiger partial charge in [0, 0.05) is 11.8 Å². The molecule has 2 aromatic carbocycles. The van der Waals surface area contributed by atoms with Crippen LogP contribution < -0.4 is 20.4 Å². The maximum atomic E-state index is 12.3. The highest BCUT2D eigenvalue weighted by molar-refractivity contribution is 7.21. The Kier molecular flexibility index (Phi) is 4.31. The van der Waals surface area contributed by atoms with Crippen LogP contribution >= 0.6 is 11.3 Å². The minimum absolute atomic E-state index is 0.0922. The van der Waals surface area contributed by atoms with E-state index in [2.05, 4.69) is 5.32 Å². The third-order valence-electron chi connectivity index (χ3n) is 3.52. The molecule has 1 heterocycles. The van der Waals surface area contributed by atoms with E-state index >= 15 is 0 Å². The summed E-state index contributed by atoms with van der Waals surface area (Å²) in [6.07, 6.45) is 0. The first-order valence-corrected chi connectivity index (χ1v) is 7.98. The molecule has 6 nitrogen and oxygen atoms in total. The standard InChI is InChI=1S/C17H14N4O2S/c1-23-13-5-6-14-15(8-13)24-17(19)21(14)10-16(22)20-12-4-2-3-11(7-12)9-18/h2-8,19H,10H2,1H3,(H,20,22)/p+1. The Bertz CT molecular complexity index is 959. The lowest BCUT2D eigenvalue weighted by molar-refractivity contribution is -0.639. The van der Waals surface area contributed by atoms with Gasteiger partial charge in [0.15, 0.2) is 6.54 Å². The summed E-state index contributed by atoms with van der Waals surface area (Å²) in [4.78, 5) is 12.3. The number of hydrogen-bond acceptors (Lipinski definition) is 5. The van der Waals surface area contributed by atoms with Gasteiger partial charge in [-0.3, -0.25) is 10.5 Å². The van der Waals surface area contributed by atoms with Crippen molar-refractivity contribution >= 4 is 38.3 Å². The maximum Gasteiger partial charge on any atom is 0.333 e. The minimum atomic E-state index is -0.211. The number of amides is 1. The Morgan fingerprint density at radius 2 is 2.21 bits per heavy atom. The number of methoxy groups -OCH3 is 1. The van der Waals surface area contributed by atoms with Crippen LogP contribution in [0.3, 0.4) is 0 Å². The fourth-order valence-electron chi connectivity index (χ4n) is 2.39. The molecule has 0 radical (unpaired) electrons. The van der Waals surface area contributed by atoms with E-state index in [1.54, 1.807) is 35.9 Å². The van der Waals surface area contributed by atoms with Crippen molar-refractivity contribution < 1.29 is 14.1 Å². The number of thiazole rings is 1. The van der Waals surface area contributed by atoms with Gasteiger partial charge in [0.25, 0.3) is 5.91 Å². The Hall–Kier alpha value is -3.11. The van der Waals surface area contributed by atoms with Crippen molar-refractivity contribution in [1.29, 1.82) is 5.26 Å². The third-order valence-corrected chi connectivity index (χ3v) is 4.49. The number of fused-ring (bicyclic) bond motifs is 1. The number of rotatable bonds is 4. The van der Waals surface area contributed by atoms with Crippen LogP contribution in [-0.4, -0.2) is 13.0 Å². The normalized spacial score (nSPS) is 10.3. The smallest absolute Gasteiger partial charge is 0.333 e. The lowest BCUT2D eigenvalue weighted by Crippen LogP contribution is -2.41. The summed E-state index contributed by atoms with van der Waals surface area (Å²) in [5.41, 5.74) is 8.00. The van der Waals surface area contributed by atoms with Crippen LogP contribution in [-0.2, 0) is 11.3 Å². The fraction of sp³-hybridized carbons (Fsp3) is 0.118. The van der Waals surface area contributed by atoms with Crippen LogP contribution in [0.5, 0.6) is 5.75 Å². The second-order valence-corrected chi connectivity index (χ2v) is 6.16. The number of nitrogens with zero attached hydrogens (tertiary/aromatic N) is 2. The predicted molar refractivity (Wildman–Crippen MR) is 92.8 cm³/mol. The molecule has 0 aliphatic rings. The summed E-state index contributed by atoms with van der Waals surface area (Å²) in [5, 5.41) is 12.2. The number of nitrogen functional groups attached to an aromatic ring is 1. The highest BCUT2D eigenvalue weighted by atomic mass is 32.1. The summed E-state index contributed by atoms with van der Waals surface area (Å²) in [6.45, 7) is 0.0922. The maximum absolute atomic E-state index is 12.3. The monoisotopic (exact) mass is 339 g/mol. The molecule has 0 aliphatic heterocycles. The molecule has 3 rings (SSSR count). The van der Waals surface area contributed by atoms with Gasteiger partial charge in [0.05, 0.1) is 23.4 Å². The molecule has 120 valence electrons. The van der Waals surface area contributed by atoms with Gasteiger partial charge in [0.1, 0.15) is 11.3 Å². The summed E-state index contributed by atoms with van der Waals surface area (Å²) in [7, 11) is 1.61.